The van der Waals surface area contributed by atoms with E-state index >= 15 is 0 Å². The first kappa shape index (κ1) is 12.6. The van der Waals surface area contributed by atoms with Crippen molar-refractivity contribution in [1.29, 1.82) is 0 Å². The molecule has 0 aliphatic carbocycles. The number of hydrogen-bond acceptors (Lipinski definition) is 1. The van der Waals surface area contributed by atoms with E-state index in [9.17, 15) is 4.79 Å². The Balaban J connectivity index is 2.16. The van der Waals surface area contributed by atoms with Crippen LogP contribution in [0.15, 0.2) is 54.6 Å². The first-order valence-corrected chi connectivity index (χ1v) is 6.31. The monoisotopic (exact) mass is 238 g/mol. The summed E-state index contributed by atoms with van der Waals surface area (Å²) < 4.78 is 0. The molecule has 92 valence electrons. The van der Waals surface area contributed by atoms with Crippen LogP contribution in [0.4, 0.5) is 0 Å². The summed E-state index contributed by atoms with van der Waals surface area (Å²) in [4.78, 5) is 11.4. The summed E-state index contributed by atoms with van der Waals surface area (Å²) in [6.45, 7) is 3.81. The molecular weight excluding hydrogens is 220 g/mol. The fourth-order valence-corrected chi connectivity index (χ4v) is 2.15. The molecule has 0 bridgehead atoms. The molecule has 1 nitrogen and oxygen atoms in total. The molecule has 0 radical (unpaired) electrons. The number of rotatable bonds is 4. The second-order valence-electron chi connectivity index (χ2n) is 4.77. The Labute approximate surface area is 108 Å². The Bertz CT molecular complexity index is 528. The van der Waals surface area contributed by atoms with Crippen molar-refractivity contribution >= 4 is 5.78 Å². The van der Waals surface area contributed by atoms with Gasteiger partial charge in [-0.3, -0.25) is 4.79 Å². The van der Waals surface area contributed by atoms with Crippen LogP contribution in [-0.2, 0) is 6.42 Å². The summed E-state index contributed by atoms with van der Waals surface area (Å²) in [5.41, 5.74) is 3.36. The van der Waals surface area contributed by atoms with Crippen LogP contribution in [0.1, 0.15) is 41.3 Å². The summed E-state index contributed by atoms with van der Waals surface area (Å²) in [6, 6.07) is 18.4. The van der Waals surface area contributed by atoms with Gasteiger partial charge in [0.2, 0.25) is 0 Å². The molecule has 1 atom stereocenters. The minimum atomic E-state index is 0.128. The molecule has 2 rings (SSSR count). The molecule has 0 aliphatic rings. The third kappa shape index (κ3) is 3.07. The van der Waals surface area contributed by atoms with Gasteiger partial charge in [-0.25, -0.2) is 0 Å². The number of Topliss-reactive ketones (excluding diaryl/α,β-unsaturated/α-hetero) is 1. The van der Waals surface area contributed by atoms with Gasteiger partial charge in [0.25, 0.3) is 0 Å². The largest absolute Gasteiger partial charge is 0.295 e. The molecule has 0 N–H and O–H groups in total. The molecule has 1 heteroatoms. The smallest absolute Gasteiger partial charge is 0.159 e. The predicted molar refractivity (Wildman–Crippen MR) is 75.0 cm³/mol. The van der Waals surface area contributed by atoms with Crippen molar-refractivity contribution in [2.45, 2.75) is 26.2 Å². The average Bonchev–Trinajstić information content (AvgIpc) is 2.40. The summed E-state index contributed by atoms with van der Waals surface area (Å²) in [5, 5.41) is 0. The Morgan fingerprint density at radius 2 is 1.78 bits per heavy atom. The van der Waals surface area contributed by atoms with Gasteiger partial charge in [-0.1, -0.05) is 55.5 Å². The van der Waals surface area contributed by atoms with Crippen molar-refractivity contribution in [2.24, 2.45) is 0 Å². The Morgan fingerprint density at radius 3 is 2.44 bits per heavy atom. The lowest BCUT2D eigenvalue weighted by atomic mass is 9.92. The van der Waals surface area contributed by atoms with Crippen molar-refractivity contribution in [3.63, 3.8) is 0 Å². The van der Waals surface area contributed by atoms with Gasteiger partial charge in [0, 0.05) is 5.56 Å². The highest BCUT2D eigenvalue weighted by Gasteiger charge is 2.08. The zero-order valence-electron chi connectivity index (χ0n) is 10.9. The SMILES string of the molecule is CC(=O)c1cccc(C(C)Cc2ccccc2)c1. The molecule has 0 saturated heterocycles. The van der Waals surface area contributed by atoms with E-state index in [-0.39, 0.29) is 5.78 Å². The van der Waals surface area contributed by atoms with Gasteiger partial charge < -0.3 is 0 Å². The first-order chi connectivity index (χ1) is 8.66. The summed E-state index contributed by atoms with van der Waals surface area (Å²) in [5.74, 6) is 0.551. The molecule has 0 aliphatic heterocycles. The van der Waals surface area contributed by atoms with Gasteiger partial charge >= 0.3 is 0 Å². The maximum Gasteiger partial charge on any atom is 0.159 e. The van der Waals surface area contributed by atoms with Crippen molar-refractivity contribution in [2.75, 3.05) is 0 Å². The number of carbonyl (C=O) groups is 1. The van der Waals surface area contributed by atoms with E-state index in [2.05, 4.69) is 37.3 Å². The fourth-order valence-electron chi connectivity index (χ4n) is 2.15. The third-order valence-electron chi connectivity index (χ3n) is 3.25. The quantitative estimate of drug-likeness (QED) is 0.728. The van der Waals surface area contributed by atoms with Crippen LogP contribution in [0.25, 0.3) is 0 Å². The van der Waals surface area contributed by atoms with Crippen LogP contribution >= 0.6 is 0 Å². The molecule has 1 unspecified atom stereocenters. The third-order valence-corrected chi connectivity index (χ3v) is 3.25. The highest BCUT2D eigenvalue weighted by Crippen LogP contribution is 2.21. The average molecular weight is 238 g/mol. The highest BCUT2D eigenvalue weighted by molar-refractivity contribution is 5.94. The minimum Gasteiger partial charge on any atom is -0.295 e. The van der Waals surface area contributed by atoms with Crippen LogP contribution in [0.2, 0.25) is 0 Å². The van der Waals surface area contributed by atoms with Crippen molar-refractivity contribution in [1.82, 2.24) is 0 Å². The Kier molecular flexibility index (Phi) is 3.93. The standard InChI is InChI=1S/C17H18O/c1-13(11-15-7-4-3-5-8-15)16-9-6-10-17(12-16)14(2)18/h3-10,12-13H,11H2,1-2H3. The summed E-state index contributed by atoms with van der Waals surface area (Å²) in [7, 11) is 0. The Hall–Kier alpha value is -1.89. The predicted octanol–water partition coefficient (Wildman–Crippen LogP) is 4.24. The molecule has 0 amide bonds. The topological polar surface area (TPSA) is 17.1 Å². The molecule has 0 fully saturated rings. The number of ketones is 1. The molecule has 0 heterocycles. The van der Waals surface area contributed by atoms with Gasteiger partial charge in [0.1, 0.15) is 0 Å². The minimum absolute atomic E-state index is 0.128. The van der Waals surface area contributed by atoms with E-state index in [1.807, 2.05) is 24.3 Å². The van der Waals surface area contributed by atoms with Gasteiger partial charge in [0.15, 0.2) is 5.78 Å². The molecule has 2 aromatic carbocycles. The molecule has 0 spiro atoms. The number of benzene rings is 2. The van der Waals surface area contributed by atoms with Gasteiger partial charge in [0.05, 0.1) is 0 Å². The van der Waals surface area contributed by atoms with Crippen LogP contribution in [0.5, 0.6) is 0 Å². The second-order valence-corrected chi connectivity index (χ2v) is 4.77. The van der Waals surface area contributed by atoms with Crippen LogP contribution in [0.3, 0.4) is 0 Å². The van der Waals surface area contributed by atoms with Crippen molar-refractivity contribution in [3.8, 4) is 0 Å². The van der Waals surface area contributed by atoms with Crippen LogP contribution in [0, 0.1) is 0 Å². The zero-order chi connectivity index (χ0) is 13.0. The molecular formula is C17H18O. The number of hydrogen-bond donors (Lipinski definition) is 0. The van der Waals surface area contributed by atoms with Crippen LogP contribution < -0.4 is 0 Å². The van der Waals surface area contributed by atoms with Gasteiger partial charge in [-0.2, -0.15) is 0 Å². The van der Waals surface area contributed by atoms with Gasteiger partial charge in [-0.05, 0) is 36.5 Å². The van der Waals surface area contributed by atoms with E-state index in [0.717, 1.165) is 12.0 Å². The lowest BCUT2D eigenvalue weighted by molar-refractivity contribution is 0.101. The van der Waals surface area contributed by atoms with E-state index in [4.69, 9.17) is 0 Å². The summed E-state index contributed by atoms with van der Waals surface area (Å²) in [6.07, 6.45) is 1.00. The Morgan fingerprint density at radius 1 is 1.06 bits per heavy atom. The maximum absolute atomic E-state index is 11.4. The lowest BCUT2D eigenvalue weighted by Gasteiger charge is -2.12. The molecule has 18 heavy (non-hydrogen) atoms. The lowest BCUT2D eigenvalue weighted by Crippen LogP contribution is -2.00. The van der Waals surface area contributed by atoms with E-state index < -0.39 is 0 Å². The van der Waals surface area contributed by atoms with Crippen molar-refractivity contribution in [3.05, 3.63) is 71.3 Å². The van der Waals surface area contributed by atoms with Crippen molar-refractivity contribution < 1.29 is 4.79 Å². The van der Waals surface area contributed by atoms with Gasteiger partial charge in [-0.15, -0.1) is 0 Å². The molecule has 0 saturated carbocycles. The highest BCUT2D eigenvalue weighted by atomic mass is 16.1. The van der Waals surface area contributed by atoms with E-state index in [0.29, 0.717) is 5.92 Å². The van der Waals surface area contributed by atoms with Crippen LogP contribution in [-0.4, -0.2) is 5.78 Å². The molecule has 0 aromatic heterocycles. The first-order valence-electron chi connectivity index (χ1n) is 6.31. The fraction of sp³-hybridized carbons (Fsp3) is 0.235. The number of carbonyl (C=O) groups excluding carboxylic acids is 1. The maximum atomic E-state index is 11.4. The normalized spacial score (nSPS) is 12.1. The van der Waals surface area contributed by atoms with E-state index in [1.54, 1.807) is 6.92 Å². The second kappa shape index (κ2) is 5.63. The molecule has 2 aromatic rings. The van der Waals surface area contributed by atoms with E-state index in [1.165, 1.54) is 11.1 Å². The zero-order valence-corrected chi connectivity index (χ0v) is 10.9. The summed E-state index contributed by atoms with van der Waals surface area (Å²) >= 11 is 0.